The summed E-state index contributed by atoms with van der Waals surface area (Å²) in [7, 11) is 0. The molecule has 10 atom stereocenters. The summed E-state index contributed by atoms with van der Waals surface area (Å²) in [6.45, 7) is -1.28. The highest BCUT2D eigenvalue weighted by Crippen LogP contribution is 2.12. The number of rotatable bonds is 25. The Kier molecular flexibility index (Phi) is 22.1. The second-order valence-electron chi connectivity index (χ2n) is 10.5. The van der Waals surface area contributed by atoms with Crippen LogP contribution in [0.15, 0.2) is 0 Å². The molecule has 0 radical (unpaired) electrons. The van der Waals surface area contributed by atoms with Crippen molar-refractivity contribution in [3.05, 3.63) is 0 Å². The highest BCUT2D eigenvalue weighted by atomic mass is 16.4. The van der Waals surface area contributed by atoms with Crippen LogP contribution in [0.5, 0.6) is 0 Å². The van der Waals surface area contributed by atoms with Crippen molar-refractivity contribution in [3.8, 4) is 0 Å². The van der Waals surface area contributed by atoms with Gasteiger partial charge in [0.05, 0.1) is 13.2 Å². The van der Waals surface area contributed by atoms with Gasteiger partial charge in [0, 0.05) is 13.1 Å². The molecule has 14 N–H and O–H groups in total. The summed E-state index contributed by atoms with van der Waals surface area (Å²) < 4.78 is 0. The third-order valence-electron chi connectivity index (χ3n) is 6.95. The molecule has 0 aromatic rings. The number of aliphatic hydroxyl groups is 12. The predicted octanol–water partition coefficient (Wildman–Crippen LogP) is -5.29. The summed E-state index contributed by atoms with van der Waals surface area (Å²) in [5.74, 6) is -1.87. The fourth-order valence-electron chi connectivity index (χ4n) is 4.06. The largest absolute Gasteiger partial charge is 0.394 e. The normalized spacial score (nSPS) is 19.0. The lowest BCUT2D eigenvalue weighted by molar-refractivity contribution is -0.157. The van der Waals surface area contributed by atoms with E-state index in [9.17, 15) is 60.7 Å². The highest BCUT2D eigenvalue weighted by Gasteiger charge is 2.38. The van der Waals surface area contributed by atoms with Crippen LogP contribution in [0, 0.1) is 0 Å². The molecule has 0 saturated heterocycles. The molecule has 16 heteroatoms. The Morgan fingerprint density at radius 1 is 0.405 bits per heavy atom. The van der Waals surface area contributed by atoms with Gasteiger partial charge in [-0.3, -0.25) is 9.59 Å². The second kappa shape index (κ2) is 22.9. The Labute approximate surface area is 245 Å². The van der Waals surface area contributed by atoms with Gasteiger partial charge in [0.1, 0.15) is 48.8 Å². The number of amides is 2. The maximum atomic E-state index is 11.9. The maximum absolute atomic E-state index is 11.9. The van der Waals surface area contributed by atoms with E-state index in [1.54, 1.807) is 0 Å². The van der Waals surface area contributed by atoms with E-state index < -0.39 is 86.1 Å². The Bertz CT molecular complexity index is 662. The van der Waals surface area contributed by atoms with Gasteiger partial charge in [0.15, 0.2) is 12.2 Å². The molecule has 0 heterocycles. The van der Waals surface area contributed by atoms with Gasteiger partial charge in [-0.1, -0.05) is 51.4 Å². The first kappa shape index (κ1) is 40.5. The van der Waals surface area contributed by atoms with Gasteiger partial charge < -0.3 is 71.9 Å². The Morgan fingerprint density at radius 2 is 0.667 bits per heavy atom. The van der Waals surface area contributed by atoms with Crippen molar-refractivity contribution in [3.63, 3.8) is 0 Å². The van der Waals surface area contributed by atoms with Crippen LogP contribution in [-0.4, -0.2) is 160 Å². The number of hydrogen-bond donors (Lipinski definition) is 14. The minimum absolute atomic E-state index is 0.239. The standard InChI is InChI=1S/C26H52N2O14/c29-13-15(31)17(33)19(35)21(37)23(39)25(41)27-11-9-7-5-3-1-2-4-6-8-10-12-28-26(42)24(40)22(38)20(36)18(34)16(32)14-30/h15-24,29-40H,1-14H2,(H,27,41)(H,28,42)/t15-,16-,17+,18+,19-,20-,21-,22-,23-,24-/m1/s1. The van der Waals surface area contributed by atoms with Crippen molar-refractivity contribution in [1.82, 2.24) is 10.6 Å². The number of unbranched alkanes of at least 4 members (excludes halogenated alkanes) is 9. The van der Waals surface area contributed by atoms with Crippen molar-refractivity contribution >= 4 is 11.8 Å². The molecule has 0 saturated carbocycles. The van der Waals surface area contributed by atoms with Gasteiger partial charge >= 0.3 is 0 Å². The van der Waals surface area contributed by atoms with Gasteiger partial charge in [0.2, 0.25) is 0 Å². The summed E-state index contributed by atoms with van der Waals surface area (Å²) in [5, 5.41) is 119. The van der Waals surface area contributed by atoms with Crippen LogP contribution in [0.4, 0.5) is 0 Å². The number of carbonyl (C=O) groups excluding carboxylic acids is 2. The average molecular weight is 617 g/mol. The Hall–Kier alpha value is -1.54. The molecule has 2 amide bonds. The van der Waals surface area contributed by atoms with E-state index in [0.717, 1.165) is 51.4 Å². The molecule has 0 aliphatic rings. The molecule has 250 valence electrons. The van der Waals surface area contributed by atoms with Gasteiger partial charge in [-0.05, 0) is 12.8 Å². The summed E-state index contributed by atoms with van der Waals surface area (Å²) in [6, 6.07) is 0. The second-order valence-corrected chi connectivity index (χ2v) is 10.5. The zero-order chi connectivity index (χ0) is 32.2. The average Bonchev–Trinajstić information content (AvgIpc) is 3.00. The van der Waals surface area contributed by atoms with E-state index in [4.69, 9.17) is 10.2 Å². The van der Waals surface area contributed by atoms with E-state index in [-0.39, 0.29) is 13.1 Å². The third kappa shape index (κ3) is 15.3. The molecule has 0 unspecified atom stereocenters. The minimum Gasteiger partial charge on any atom is -0.394 e. The van der Waals surface area contributed by atoms with Crippen LogP contribution < -0.4 is 10.6 Å². The number of aliphatic hydroxyl groups excluding tert-OH is 12. The predicted molar refractivity (Wildman–Crippen MR) is 146 cm³/mol. The molecule has 0 aromatic heterocycles. The number of hydrogen-bond acceptors (Lipinski definition) is 14. The van der Waals surface area contributed by atoms with Crippen LogP contribution in [0.3, 0.4) is 0 Å². The lowest BCUT2D eigenvalue weighted by Gasteiger charge is -2.27. The van der Waals surface area contributed by atoms with Crippen LogP contribution in [0.2, 0.25) is 0 Å². The molecular weight excluding hydrogens is 564 g/mol. The van der Waals surface area contributed by atoms with E-state index >= 15 is 0 Å². The molecule has 0 spiro atoms. The highest BCUT2D eigenvalue weighted by molar-refractivity contribution is 5.81. The Balaban J connectivity index is 3.82. The fraction of sp³-hybridized carbons (Fsp3) is 0.923. The van der Waals surface area contributed by atoms with Gasteiger partial charge in [-0.15, -0.1) is 0 Å². The van der Waals surface area contributed by atoms with Gasteiger partial charge in [-0.25, -0.2) is 0 Å². The van der Waals surface area contributed by atoms with Gasteiger partial charge in [-0.2, -0.15) is 0 Å². The quantitative estimate of drug-likeness (QED) is 0.0426. The lowest BCUT2D eigenvalue weighted by Crippen LogP contribution is -2.54. The summed E-state index contributed by atoms with van der Waals surface area (Å²) in [5.41, 5.74) is 0. The van der Waals surface area contributed by atoms with Crippen molar-refractivity contribution in [2.75, 3.05) is 26.3 Å². The summed E-state index contributed by atoms with van der Waals surface area (Å²) in [4.78, 5) is 23.8. The molecule has 0 bridgehead atoms. The zero-order valence-corrected chi connectivity index (χ0v) is 23.9. The summed E-state index contributed by atoms with van der Waals surface area (Å²) in [6.07, 6.45) is -10.9. The smallest absolute Gasteiger partial charge is 0.251 e. The van der Waals surface area contributed by atoms with Crippen LogP contribution in [0.25, 0.3) is 0 Å². The SMILES string of the molecule is O=C(NCCCCCCCCCCCCNC(=O)[C@H](O)[C@H](O)[C@H](O)[C@@H](O)[C@H](O)CO)[C@H](O)[C@H](O)[C@H](O)[C@@H](O)[C@H](O)CO. The maximum Gasteiger partial charge on any atom is 0.251 e. The van der Waals surface area contributed by atoms with Crippen molar-refractivity contribution in [2.45, 2.75) is 125 Å². The van der Waals surface area contributed by atoms with E-state index in [1.165, 1.54) is 0 Å². The first-order valence-corrected chi connectivity index (χ1v) is 14.4. The monoisotopic (exact) mass is 616 g/mol. The molecule has 0 aromatic carbocycles. The minimum atomic E-state index is -2.05. The molecule has 0 rings (SSSR count). The van der Waals surface area contributed by atoms with Crippen LogP contribution in [-0.2, 0) is 9.59 Å². The fourth-order valence-corrected chi connectivity index (χ4v) is 4.06. The zero-order valence-electron chi connectivity index (χ0n) is 23.9. The number of carbonyl (C=O) groups is 2. The Morgan fingerprint density at radius 3 is 0.929 bits per heavy atom. The molecular formula is C26H52N2O14. The van der Waals surface area contributed by atoms with Crippen LogP contribution >= 0.6 is 0 Å². The topological polar surface area (TPSA) is 301 Å². The van der Waals surface area contributed by atoms with E-state index in [0.29, 0.717) is 12.8 Å². The van der Waals surface area contributed by atoms with Crippen molar-refractivity contribution in [1.29, 1.82) is 0 Å². The molecule has 0 aliphatic heterocycles. The number of nitrogens with one attached hydrogen (secondary N) is 2. The van der Waals surface area contributed by atoms with E-state index in [1.807, 2.05) is 0 Å². The molecule has 16 nitrogen and oxygen atoms in total. The third-order valence-corrected chi connectivity index (χ3v) is 6.95. The first-order valence-electron chi connectivity index (χ1n) is 14.4. The first-order chi connectivity index (χ1) is 19.8. The van der Waals surface area contributed by atoms with Crippen molar-refractivity contribution in [2.24, 2.45) is 0 Å². The lowest BCUT2D eigenvalue weighted by atomic mass is 9.99. The molecule has 42 heavy (non-hydrogen) atoms. The van der Waals surface area contributed by atoms with E-state index in [2.05, 4.69) is 10.6 Å². The van der Waals surface area contributed by atoms with Crippen molar-refractivity contribution < 1.29 is 70.9 Å². The molecule has 0 aliphatic carbocycles. The summed E-state index contributed by atoms with van der Waals surface area (Å²) >= 11 is 0. The molecule has 0 fully saturated rings. The van der Waals surface area contributed by atoms with Crippen LogP contribution in [0.1, 0.15) is 64.2 Å². The van der Waals surface area contributed by atoms with Gasteiger partial charge in [0.25, 0.3) is 11.8 Å².